The first-order chi connectivity index (χ1) is 10.3. The zero-order valence-corrected chi connectivity index (χ0v) is 12.4. The molecule has 3 nitrogen and oxygen atoms in total. The van der Waals surface area contributed by atoms with Crippen molar-refractivity contribution in [2.45, 2.75) is 32.6 Å². The smallest absolute Gasteiger partial charge is 0.313 e. The summed E-state index contributed by atoms with van der Waals surface area (Å²) in [5, 5.41) is 9.11. The molecule has 0 spiro atoms. The van der Waals surface area contributed by atoms with Crippen molar-refractivity contribution in [2.24, 2.45) is 11.8 Å². The Morgan fingerprint density at radius 2 is 2.14 bits per heavy atom. The Morgan fingerprint density at radius 1 is 1.43 bits per heavy atom. The molecule has 2 rings (SSSR count). The number of carbonyl (C=O) groups is 1. The lowest BCUT2D eigenvalue weighted by Gasteiger charge is -2.18. The Balaban J connectivity index is 2.19. The quantitative estimate of drug-likeness (QED) is 0.769. The fourth-order valence-corrected chi connectivity index (χ4v) is 2.93. The lowest BCUT2D eigenvalue weighted by molar-refractivity contribution is -0.147. The predicted molar refractivity (Wildman–Crippen MR) is 82.3 cm³/mol. The molecule has 1 aromatic carbocycles. The summed E-state index contributed by atoms with van der Waals surface area (Å²) in [5.74, 6) is 0.0313. The molecule has 21 heavy (non-hydrogen) atoms. The summed E-state index contributed by atoms with van der Waals surface area (Å²) in [5.41, 5.74) is 1.48. The first-order valence-electron chi connectivity index (χ1n) is 7.60. The van der Waals surface area contributed by atoms with Crippen LogP contribution in [-0.2, 0) is 9.53 Å². The van der Waals surface area contributed by atoms with Crippen molar-refractivity contribution >= 4 is 12.0 Å². The normalized spacial score (nSPS) is 16.8. The number of rotatable bonds is 5. The van der Waals surface area contributed by atoms with Crippen LogP contribution in [0.25, 0.3) is 6.08 Å². The highest BCUT2D eigenvalue weighted by atomic mass is 16.5. The van der Waals surface area contributed by atoms with Crippen LogP contribution < -0.4 is 0 Å². The van der Waals surface area contributed by atoms with Gasteiger partial charge in [-0.1, -0.05) is 43.2 Å². The van der Waals surface area contributed by atoms with Crippen molar-refractivity contribution in [1.82, 2.24) is 0 Å². The molecule has 0 radical (unpaired) electrons. The Labute approximate surface area is 126 Å². The molecular weight excluding hydrogens is 262 g/mol. The molecule has 0 saturated heterocycles. The molecule has 1 aliphatic rings. The van der Waals surface area contributed by atoms with Gasteiger partial charge in [-0.25, -0.2) is 0 Å². The van der Waals surface area contributed by atoms with E-state index in [4.69, 9.17) is 10.00 Å². The first kappa shape index (κ1) is 15.3. The molecule has 0 amide bonds. The predicted octanol–water partition coefficient (Wildman–Crippen LogP) is 3.94. The molecular formula is C18H21NO2. The largest absolute Gasteiger partial charge is 0.466 e. The van der Waals surface area contributed by atoms with E-state index in [2.05, 4.69) is 6.07 Å². The third-order valence-electron chi connectivity index (χ3n) is 4.03. The summed E-state index contributed by atoms with van der Waals surface area (Å²) in [4.78, 5) is 12.2. The van der Waals surface area contributed by atoms with Gasteiger partial charge in [0, 0.05) is 0 Å². The van der Waals surface area contributed by atoms with E-state index in [0.29, 0.717) is 18.1 Å². The fraction of sp³-hybridized carbons (Fsp3) is 0.444. The minimum atomic E-state index is -0.195. The second-order valence-corrected chi connectivity index (χ2v) is 5.38. The van der Waals surface area contributed by atoms with Gasteiger partial charge in [0.15, 0.2) is 0 Å². The molecule has 110 valence electrons. The molecule has 3 heteroatoms. The summed E-state index contributed by atoms with van der Waals surface area (Å²) in [7, 11) is 0. The van der Waals surface area contributed by atoms with E-state index in [9.17, 15) is 4.79 Å². The van der Waals surface area contributed by atoms with E-state index in [0.717, 1.165) is 18.4 Å². The minimum Gasteiger partial charge on any atom is -0.466 e. The van der Waals surface area contributed by atoms with Crippen LogP contribution in [0, 0.1) is 23.2 Å². The average Bonchev–Trinajstić information content (AvgIpc) is 3.02. The fourth-order valence-electron chi connectivity index (χ4n) is 2.93. The molecule has 1 aromatic rings. The molecule has 0 aliphatic heterocycles. The SMILES string of the molecule is CCOC(=O)[C@@H](/C=C/c1ccccc1C#N)C1CCCC1. The molecule has 0 heterocycles. The van der Waals surface area contributed by atoms with Crippen molar-refractivity contribution in [3.8, 4) is 6.07 Å². The second-order valence-electron chi connectivity index (χ2n) is 5.38. The molecule has 1 saturated carbocycles. The van der Waals surface area contributed by atoms with Crippen molar-refractivity contribution in [3.63, 3.8) is 0 Å². The van der Waals surface area contributed by atoms with Gasteiger partial charge in [0.1, 0.15) is 0 Å². The van der Waals surface area contributed by atoms with Gasteiger partial charge in [0.05, 0.1) is 24.2 Å². The molecule has 1 aliphatic carbocycles. The molecule has 0 N–H and O–H groups in total. The van der Waals surface area contributed by atoms with Crippen LogP contribution in [0.1, 0.15) is 43.7 Å². The van der Waals surface area contributed by atoms with Crippen molar-refractivity contribution in [1.29, 1.82) is 5.26 Å². The van der Waals surface area contributed by atoms with Crippen LogP contribution in [0.3, 0.4) is 0 Å². The summed E-state index contributed by atoms with van der Waals surface area (Å²) < 4.78 is 5.21. The van der Waals surface area contributed by atoms with E-state index >= 15 is 0 Å². The Morgan fingerprint density at radius 3 is 2.81 bits per heavy atom. The summed E-state index contributed by atoms with van der Waals surface area (Å²) in [6.07, 6.45) is 8.33. The second kappa shape index (κ2) is 7.64. The number of nitrogens with zero attached hydrogens (tertiary/aromatic N) is 1. The standard InChI is InChI=1S/C18H21NO2/c1-2-21-18(20)17(15-8-4-5-9-15)12-11-14-7-3-6-10-16(14)13-19/h3,6-7,10-12,15,17H,2,4-5,8-9H2,1H3/b12-11+/t17-/m0/s1. The maximum absolute atomic E-state index is 12.2. The van der Waals surface area contributed by atoms with Gasteiger partial charge in [-0.3, -0.25) is 4.79 Å². The Bertz CT molecular complexity index is 551. The summed E-state index contributed by atoms with van der Waals surface area (Å²) in [6, 6.07) is 9.60. The number of benzene rings is 1. The number of hydrogen-bond donors (Lipinski definition) is 0. The van der Waals surface area contributed by atoms with Crippen LogP contribution in [0.5, 0.6) is 0 Å². The van der Waals surface area contributed by atoms with Crippen LogP contribution in [0.15, 0.2) is 30.3 Å². The van der Waals surface area contributed by atoms with Crippen LogP contribution in [0.2, 0.25) is 0 Å². The van der Waals surface area contributed by atoms with Gasteiger partial charge in [-0.05, 0) is 37.3 Å². The minimum absolute atomic E-state index is 0.143. The molecule has 0 aromatic heterocycles. The number of nitriles is 1. The van der Waals surface area contributed by atoms with E-state index in [1.807, 2.05) is 37.3 Å². The maximum atomic E-state index is 12.2. The Hall–Kier alpha value is -2.08. The van der Waals surface area contributed by atoms with Gasteiger partial charge in [0.2, 0.25) is 0 Å². The van der Waals surface area contributed by atoms with E-state index in [1.165, 1.54) is 12.8 Å². The molecule has 1 fully saturated rings. The van der Waals surface area contributed by atoms with Gasteiger partial charge in [-0.2, -0.15) is 5.26 Å². The van der Waals surface area contributed by atoms with E-state index < -0.39 is 0 Å². The highest BCUT2D eigenvalue weighted by Gasteiger charge is 2.29. The zero-order chi connectivity index (χ0) is 15.1. The maximum Gasteiger partial charge on any atom is 0.313 e. The molecule has 0 unspecified atom stereocenters. The highest BCUT2D eigenvalue weighted by Crippen LogP contribution is 2.33. The van der Waals surface area contributed by atoms with Gasteiger partial charge in [0.25, 0.3) is 0 Å². The lowest BCUT2D eigenvalue weighted by atomic mass is 9.89. The first-order valence-corrected chi connectivity index (χ1v) is 7.60. The van der Waals surface area contributed by atoms with E-state index in [1.54, 1.807) is 6.07 Å². The van der Waals surface area contributed by atoms with Gasteiger partial charge >= 0.3 is 5.97 Å². The van der Waals surface area contributed by atoms with Gasteiger partial charge < -0.3 is 4.74 Å². The van der Waals surface area contributed by atoms with Crippen LogP contribution in [-0.4, -0.2) is 12.6 Å². The van der Waals surface area contributed by atoms with Gasteiger partial charge in [-0.15, -0.1) is 0 Å². The topological polar surface area (TPSA) is 50.1 Å². The van der Waals surface area contributed by atoms with Crippen LogP contribution in [0.4, 0.5) is 0 Å². The van der Waals surface area contributed by atoms with E-state index in [-0.39, 0.29) is 11.9 Å². The molecule has 1 atom stereocenters. The zero-order valence-electron chi connectivity index (χ0n) is 12.4. The molecule has 0 bridgehead atoms. The average molecular weight is 283 g/mol. The number of ether oxygens (including phenoxy) is 1. The van der Waals surface area contributed by atoms with Crippen molar-refractivity contribution in [3.05, 3.63) is 41.5 Å². The number of hydrogen-bond acceptors (Lipinski definition) is 3. The van der Waals surface area contributed by atoms with Crippen LogP contribution >= 0.6 is 0 Å². The monoisotopic (exact) mass is 283 g/mol. The Kier molecular flexibility index (Phi) is 5.57. The third-order valence-corrected chi connectivity index (χ3v) is 4.03. The summed E-state index contributed by atoms with van der Waals surface area (Å²) in [6.45, 7) is 2.24. The summed E-state index contributed by atoms with van der Waals surface area (Å²) >= 11 is 0. The lowest BCUT2D eigenvalue weighted by Crippen LogP contribution is -2.22. The number of esters is 1. The van der Waals surface area contributed by atoms with Crippen molar-refractivity contribution < 1.29 is 9.53 Å². The number of carbonyl (C=O) groups excluding carboxylic acids is 1. The third kappa shape index (κ3) is 3.95. The highest BCUT2D eigenvalue weighted by molar-refractivity contribution is 5.76. The van der Waals surface area contributed by atoms with Crippen molar-refractivity contribution in [2.75, 3.05) is 6.61 Å².